The molecule has 0 aliphatic rings. The number of amides is 2. The summed E-state index contributed by atoms with van der Waals surface area (Å²) < 4.78 is 0. The fourth-order valence-corrected chi connectivity index (χ4v) is 4.48. The average Bonchev–Trinajstić information content (AvgIpc) is 2.84. The van der Waals surface area contributed by atoms with Crippen LogP contribution in [0.4, 0.5) is 0 Å². The Balaban J connectivity index is 1.90. The summed E-state index contributed by atoms with van der Waals surface area (Å²) in [5.41, 5.74) is 5.21. The highest BCUT2D eigenvalue weighted by Crippen LogP contribution is 2.20. The molecule has 2 amide bonds. The summed E-state index contributed by atoms with van der Waals surface area (Å²) in [5.74, 6) is 0.332. The lowest BCUT2D eigenvalue weighted by atomic mass is 9.98. The smallest absolute Gasteiger partial charge is 0.243 e. The van der Waals surface area contributed by atoms with E-state index in [0.717, 1.165) is 22.3 Å². The molecular formula is C33H42N2O2. The lowest BCUT2D eigenvalue weighted by molar-refractivity contribution is -0.141. The molecule has 4 heteroatoms. The van der Waals surface area contributed by atoms with Gasteiger partial charge in [-0.1, -0.05) is 98.3 Å². The van der Waals surface area contributed by atoms with E-state index in [0.29, 0.717) is 31.7 Å². The first-order valence-corrected chi connectivity index (χ1v) is 13.3. The third kappa shape index (κ3) is 8.89. The molecule has 0 aliphatic heterocycles. The van der Waals surface area contributed by atoms with E-state index in [-0.39, 0.29) is 11.8 Å². The Labute approximate surface area is 223 Å². The fourth-order valence-electron chi connectivity index (χ4n) is 4.48. The van der Waals surface area contributed by atoms with Crippen LogP contribution >= 0.6 is 0 Å². The first-order valence-electron chi connectivity index (χ1n) is 13.3. The van der Waals surface area contributed by atoms with Crippen LogP contribution in [0, 0.1) is 6.92 Å². The van der Waals surface area contributed by atoms with Crippen LogP contribution < -0.4 is 5.32 Å². The molecule has 1 atom stereocenters. The van der Waals surface area contributed by atoms with E-state index in [2.05, 4.69) is 49.5 Å². The zero-order valence-corrected chi connectivity index (χ0v) is 23.3. The molecule has 0 bridgehead atoms. The van der Waals surface area contributed by atoms with Gasteiger partial charge in [-0.2, -0.15) is 0 Å². The van der Waals surface area contributed by atoms with Gasteiger partial charge in [0.15, 0.2) is 0 Å². The van der Waals surface area contributed by atoms with Gasteiger partial charge in [-0.05, 0) is 62.3 Å². The van der Waals surface area contributed by atoms with Gasteiger partial charge in [0, 0.05) is 24.9 Å². The molecule has 37 heavy (non-hydrogen) atoms. The molecule has 0 aliphatic carbocycles. The third-order valence-electron chi connectivity index (χ3n) is 6.48. The largest absolute Gasteiger partial charge is 0.350 e. The molecule has 0 spiro atoms. The Morgan fingerprint density at radius 3 is 2.08 bits per heavy atom. The summed E-state index contributed by atoms with van der Waals surface area (Å²) >= 11 is 0. The van der Waals surface area contributed by atoms with Crippen molar-refractivity contribution in [3.63, 3.8) is 0 Å². The van der Waals surface area contributed by atoms with Gasteiger partial charge in [0.1, 0.15) is 6.04 Å². The summed E-state index contributed by atoms with van der Waals surface area (Å²) in [4.78, 5) is 29.2. The van der Waals surface area contributed by atoms with E-state index in [1.54, 1.807) is 4.90 Å². The molecule has 0 unspecified atom stereocenters. The summed E-state index contributed by atoms with van der Waals surface area (Å²) in [5, 5.41) is 3.13. The molecule has 0 aromatic heterocycles. The minimum atomic E-state index is -0.613. The van der Waals surface area contributed by atoms with E-state index < -0.39 is 11.6 Å². The molecule has 0 fully saturated rings. The lowest BCUT2D eigenvalue weighted by Crippen LogP contribution is -2.54. The molecule has 3 aromatic rings. The van der Waals surface area contributed by atoms with E-state index in [4.69, 9.17) is 0 Å². The normalized spacial score (nSPS) is 12.3. The minimum Gasteiger partial charge on any atom is -0.350 e. The Bertz CT molecular complexity index is 1160. The molecule has 1 N–H and O–H groups in total. The zero-order valence-electron chi connectivity index (χ0n) is 23.3. The van der Waals surface area contributed by atoms with Gasteiger partial charge in [-0.25, -0.2) is 0 Å². The van der Waals surface area contributed by atoms with E-state index in [1.807, 2.05) is 76.2 Å². The van der Waals surface area contributed by atoms with Crippen molar-refractivity contribution in [3.05, 3.63) is 107 Å². The van der Waals surface area contributed by atoms with Gasteiger partial charge in [0.25, 0.3) is 0 Å². The highest BCUT2D eigenvalue weighted by molar-refractivity contribution is 5.88. The minimum absolute atomic E-state index is 0.0144. The predicted molar refractivity (Wildman–Crippen MR) is 152 cm³/mol. The van der Waals surface area contributed by atoms with Crippen molar-refractivity contribution in [3.8, 4) is 0 Å². The van der Waals surface area contributed by atoms with Crippen molar-refractivity contribution in [2.75, 3.05) is 0 Å². The second kappa shape index (κ2) is 12.7. The van der Waals surface area contributed by atoms with Gasteiger partial charge >= 0.3 is 0 Å². The van der Waals surface area contributed by atoms with Gasteiger partial charge in [0.2, 0.25) is 11.8 Å². The first kappa shape index (κ1) is 28.2. The van der Waals surface area contributed by atoms with Crippen molar-refractivity contribution in [2.24, 2.45) is 0 Å². The van der Waals surface area contributed by atoms with E-state index in [1.165, 1.54) is 5.56 Å². The quantitative estimate of drug-likeness (QED) is 0.342. The summed E-state index contributed by atoms with van der Waals surface area (Å²) in [6.07, 6.45) is 1.45. The molecular weight excluding hydrogens is 456 g/mol. The first-order chi connectivity index (χ1) is 17.5. The van der Waals surface area contributed by atoms with Crippen LogP contribution in [0.3, 0.4) is 0 Å². The zero-order chi connectivity index (χ0) is 27.0. The van der Waals surface area contributed by atoms with E-state index >= 15 is 0 Å². The maximum absolute atomic E-state index is 13.8. The van der Waals surface area contributed by atoms with Crippen molar-refractivity contribution in [1.82, 2.24) is 10.2 Å². The van der Waals surface area contributed by atoms with Crippen molar-refractivity contribution >= 4 is 11.8 Å². The number of rotatable bonds is 10. The summed E-state index contributed by atoms with van der Waals surface area (Å²) in [7, 11) is 0. The lowest BCUT2D eigenvalue weighted by Gasteiger charge is -2.34. The maximum Gasteiger partial charge on any atom is 0.243 e. The molecule has 3 aromatic carbocycles. The van der Waals surface area contributed by atoms with E-state index in [9.17, 15) is 9.59 Å². The van der Waals surface area contributed by atoms with Crippen LogP contribution in [0.15, 0.2) is 78.9 Å². The fraction of sp³-hybridized carbons (Fsp3) is 0.394. The second-order valence-electron chi connectivity index (χ2n) is 11.4. The van der Waals surface area contributed by atoms with Crippen LogP contribution in [-0.2, 0) is 29.0 Å². The number of benzene rings is 3. The molecule has 196 valence electrons. The monoisotopic (exact) mass is 498 g/mol. The van der Waals surface area contributed by atoms with Crippen LogP contribution in [0.1, 0.15) is 74.8 Å². The number of hydrogen-bond donors (Lipinski definition) is 1. The van der Waals surface area contributed by atoms with Crippen molar-refractivity contribution in [2.45, 2.75) is 84.8 Å². The molecule has 0 heterocycles. The second-order valence-corrected chi connectivity index (χ2v) is 11.4. The molecule has 3 rings (SSSR count). The van der Waals surface area contributed by atoms with Gasteiger partial charge in [-0.15, -0.1) is 0 Å². The number of nitrogens with one attached hydrogen (secondary N) is 1. The number of carbonyl (C=O) groups is 2. The maximum atomic E-state index is 13.8. The predicted octanol–water partition coefficient (Wildman–Crippen LogP) is 6.61. The number of hydrogen-bond acceptors (Lipinski definition) is 2. The molecule has 0 radical (unpaired) electrons. The van der Waals surface area contributed by atoms with Gasteiger partial charge < -0.3 is 10.2 Å². The third-order valence-corrected chi connectivity index (χ3v) is 6.48. The van der Waals surface area contributed by atoms with Crippen LogP contribution in [0.25, 0.3) is 0 Å². The Morgan fingerprint density at radius 2 is 1.49 bits per heavy atom. The van der Waals surface area contributed by atoms with Gasteiger partial charge in [0.05, 0.1) is 0 Å². The topological polar surface area (TPSA) is 49.4 Å². The Morgan fingerprint density at radius 1 is 0.838 bits per heavy atom. The Kier molecular flexibility index (Phi) is 9.68. The number of nitrogens with zero attached hydrogens (tertiary/aromatic N) is 1. The van der Waals surface area contributed by atoms with Gasteiger partial charge in [-0.3, -0.25) is 9.59 Å². The standard InChI is InChI=1S/C33H42N2O2/c1-24(2)29-18-15-26(16-19-29)17-20-31(36)35(23-28-14-10-11-25(3)21-28)30(32(37)34-33(4,5)6)22-27-12-8-7-9-13-27/h7-16,18-19,21,24,30H,17,20,22-23H2,1-6H3,(H,34,37)/t30-/m1/s1. The summed E-state index contributed by atoms with van der Waals surface area (Å²) in [6.45, 7) is 12.7. The molecule has 4 nitrogen and oxygen atoms in total. The average molecular weight is 499 g/mol. The molecule has 0 saturated heterocycles. The van der Waals surface area contributed by atoms with Crippen LogP contribution in [0.2, 0.25) is 0 Å². The van der Waals surface area contributed by atoms with Crippen LogP contribution in [-0.4, -0.2) is 28.3 Å². The summed E-state index contributed by atoms with van der Waals surface area (Å²) in [6, 6.07) is 26.0. The molecule has 0 saturated carbocycles. The van der Waals surface area contributed by atoms with Crippen molar-refractivity contribution < 1.29 is 9.59 Å². The van der Waals surface area contributed by atoms with Crippen LogP contribution in [0.5, 0.6) is 0 Å². The Hall–Kier alpha value is -3.40. The van der Waals surface area contributed by atoms with Crippen molar-refractivity contribution in [1.29, 1.82) is 0 Å². The number of carbonyl (C=O) groups excluding carboxylic acids is 2. The highest BCUT2D eigenvalue weighted by atomic mass is 16.2. The SMILES string of the molecule is Cc1cccc(CN(C(=O)CCc2ccc(C(C)C)cc2)[C@H](Cc2ccccc2)C(=O)NC(C)(C)C)c1. The number of aryl methyl sites for hydroxylation is 2. The highest BCUT2D eigenvalue weighted by Gasteiger charge is 2.32.